The van der Waals surface area contributed by atoms with Crippen LogP contribution in [0.2, 0.25) is 0 Å². The molecule has 0 aliphatic rings. The molecule has 0 fully saturated rings. The van der Waals surface area contributed by atoms with E-state index in [9.17, 15) is 4.79 Å². The van der Waals surface area contributed by atoms with Gasteiger partial charge in [-0.15, -0.1) is 0 Å². The summed E-state index contributed by atoms with van der Waals surface area (Å²) in [6, 6.07) is 0. The van der Waals surface area contributed by atoms with Crippen LogP contribution in [0.3, 0.4) is 0 Å². The van der Waals surface area contributed by atoms with Crippen molar-refractivity contribution in [3.05, 3.63) is 0 Å². The van der Waals surface area contributed by atoms with Crippen molar-refractivity contribution in [1.82, 2.24) is 4.90 Å². The van der Waals surface area contributed by atoms with Crippen LogP contribution in [0.1, 0.15) is 78.6 Å². The van der Waals surface area contributed by atoms with E-state index in [0.717, 1.165) is 6.61 Å². The number of hydrogen-bond acceptors (Lipinski definition) is 3. The van der Waals surface area contributed by atoms with E-state index < -0.39 is 5.97 Å². The lowest BCUT2D eigenvalue weighted by molar-refractivity contribution is -0.136. The van der Waals surface area contributed by atoms with E-state index in [2.05, 4.69) is 32.8 Å². The summed E-state index contributed by atoms with van der Waals surface area (Å²) in [5.74, 6) is -0.745. The molecule has 1 atom stereocenters. The molecular weight excluding hydrogens is 266 g/mol. The number of aliphatic carboxylic acids is 1. The summed E-state index contributed by atoms with van der Waals surface area (Å²) >= 11 is 0. The average molecular weight is 303 g/mol. The molecule has 0 aromatic rings. The van der Waals surface area contributed by atoms with Crippen LogP contribution in [-0.2, 0) is 9.53 Å². The number of carboxylic acids is 1. The molecule has 0 bridgehead atoms. The van der Waals surface area contributed by atoms with Crippen molar-refractivity contribution in [2.75, 3.05) is 20.7 Å². The molecular formula is C17H37NO3. The van der Waals surface area contributed by atoms with Crippen molar-refractivity contribution in [3.63, 3.8) is 0 Å². The van der Waals surface area contributed by atoms with Gasteiger partial charge in [0.1, 0.15) is 6.23 Å². The molecule has 0 heterocycles. The first-order chi connectivity index (χ1) is 9.95. The van der Waals surface area contributed by atoms with Gasteiger partial charge in [0, 0.05) is 13.0 Å². The minimum atomic E-state index is -0.745. The van der Waals surface area contributed by atoms with Crippen molar-refractivity contribution in [3.8, 4) is 0 Å². The van der Waals surface area contributed by atoms with Crippen molar-refractivity contribution in [2.45, 2.75) is 84.8 Å². The second-order valence-electron chi connectivity index (χ2n) is 5.66. The van der Waals surface area contributed by atoms with E-state index in [-0.39, 0.29) is 12.6 Å². The van der Waals surface area contributed by atoms with Crippen LogP contribution < -0.4 is 0 Å². The highest BCUT2D eigenvalue weighted by atomic mass is 16.5. The van der Waals surface area contributed by atoms with Gasteiger partial charge in [-0.05, 0) is 27.4 Å². The van der Waals surface area contributed by atoms with Crippen molar-refractivity contribution in [2.24, 2.45) is 0 Å². The van der Waals surface area contributed by atoms with E-state index in [1.807, 2.05) is 0 Å². The standard InChI is InChI=1S/C14H31NO.C3H6O2/c1-5-6-7-8-9-10-11-12-13-16-14(2)15(3)4;1-2-3(4)5/h14H,5-13H2,1-4H3;2H2,1H3,(H,4,5). The number of rotatable bonds is 12. The summed E-state index contributed by atoms with van der Waals surface area (Å²) in [6.45, 7) is 6.88. The van der Waals surface area contributed by atoms with E-state index in [1.165, 1.54) is 51.4 Å². The summed E-state index contributed by atoms with van der Waals surface area (Å²) < 4.78 is 5.67. The van der Waals surface area contributed by atoms with E-state index in [1.54, 1.807) is 6.92 Å². The number of nitrogens with zero attached hydrogens (tertiary/aromatic N) is 1. The lowest BCUT2D eigenvalue weighted by Crippen LogP contribution is -2.27. The lowest BCUT2D eigenvalue weighted by Gasteiger charge is -2.19. The summed E-state index contributed by atoms with van der Waals surface area (Å²) in [5, 5.41) is 7.72. The Morgan fingerprint density at radius 3 is 1.81 bits per heavy atom. The largest absolute Gasteiger partial charge is 0.481 e. The normalized spacial score (nSPS) is 11.9. The predicted molar refractivity (Wildman–Crippen MR) is 89.6 cm³/mol. The zero-order chi connectivity index (χ0) is 16.5. The van der Waals surface area contributed by atoms with Crippen LogP contribution in [0.25, 0.3) is 0 Å². The second kappa shape index (κ2) is 17.4. The molecule has 0 saturated carbocycles. The van der Waals surface area contributed by atoms with E-state index in [0.29, 0.717) is 0 Å². The maximum Gasteiger partial charge on any atom is 0.303 e. The maximum absolute atomic E-state index is 9.37. The molecule has 0 aliphatic heterocycles. The number of hydrogen-bond donors (Lipinski definition) is 1. The maximum atomic E-state index is 9.37. The zero-order valence-electron chi connectivity index (χ0n) is 14.9. The van der Waals surface area contributed by atoms with Gasteiger partial charge < -0.3 is 9.84 Å². The Bertz CT molecular complexity index is 220. The van der Waals surface area contributed by atoms with Gasteiger partial charge in [0.15, 0.2) is 0 Å². The Balaban J connectivity index is 0. The molecule has 0 radical (unpaired) electrons. The lowest BCUT2D eigenvalue weighted by atomic mass is 10.1. The van der Waals surface area contributed by atoms with Crippen LogP contribution in [0.5, 0.6) is 0 Å². The topological polar surface area (TPSA) is 49.8 Å². The zero-order valence-corrected chi connectivity index (χ0v) is 14.9. The van der Waals surface area contributed by atoms with Gasteiger partial charge in [0.25, 0.3) is 0 Å². The summed E-state index contributed by atoms with van der Waals surface area (Å²) in [4.78, 5) is 11.5. The molecule has 1 unspecified atom stereocenters. The van der Waals surface area contributed by atoms with Crippen molar-refractivity contribution in [1.29, 1.82) is 0 Å². The van der Waals surface area contributed by atoms with Crippen LogP contribution in [0, 0.1) is 0 Å². The average Bonchev–Trinajstić information content (AvgIpc) is 2.45. The molecule has 0 aliphatic carbocycles. The van der Waals surface area contributed by atoms with Crippen molar-refractivity contribution < 1.29 is 14.6 Å². The molecule has 0 rings (SSSR count). The summed E-state index contributed by atoms with van der Waals surface area (Å²) in [6.07, 6.45) is 11.4. The Kier molecular flexibility index (Phi) is 18.8. The van der Waals surface area contributed by atoms with Gasteiger partial charge in [0.2, 0.25) is 0 Å². The number of carboxylic acid groups (broad SMARTS) is 1. The second-order valence-corrected chi connectivity index (χ2v) is 5.66. The minimum absolute atomic E-state index is 0.222. The Labute approximate surface area is 131 Å². The number of carbonyl (C=O) groups is 1. The molecule has 128 valence electrons. The van der Waals surface area contributed by atoms with Crippen molar-refractivity contribution >= 4 is 5.97 Å². The summed E-state index contributed by atoms with van der Waals surface area (Å²) in [7, 11) is 4.11. The smallest absolute Gasteiger partial charge is 0.303 e. The fourth-order valence-electron chi connectivity index (χ4n) is 1.64. The molecule has 0 saturated heterocycles. The third-order valence-corrected chi connectivity index (χ3v) is 3.39. The van der Waals surface area contributed by atoms with Gasteiger partial charge in [0.05, 0.1) is 0 Å². The van der Waals surface area contributed by atoms with E-state index in [4.69, 9.17) is 9.84 Å². The highest BCUT2D eigenvalue weighted by Gasteiger charge is 2.02. The molecule has 0 aromatic carbocycles. The van der Waals surface area contributed by atoms with Gasteiger partial charge in [-0.3, -0.25) is 9.69 Å². The highest BCUT2D eigenvalue weighted by molar-refractivity contribution is 5.66. The van der Waals surface area contributed by atoms with Crippen LogP contribution in [0.15, 0.2) is 0 Å². The number of unbranched alkanes of at least 4 members (excludes halogenated alkanes) is 7. The third-order valence-electron chi connectivity index (χ3n) is 3.39. The Hall–Kier alpha value is -0.610. The van der Waals surface area contributed by atoms with Crippen LogP contribution >= 0.6 is 0 Å². The van der Waals surface area contributed by atoms with Crippen LogP contribution in [-0.4, -0.2) is 42.9 Å². The Morgan fingerprint density at radius 2 is 1.43 bits per heavy atom. The first kappa shape index (κ1) is 22.7. The molecule has 0 amide bonds. The molecule has 0 aromatic heterocycles. The molecule has 4 heteroatoms. The minimum Gasteiger partial charge on any atom is -0.481 e. The molecule has 21 heavy (non-hydrogen) atoms. The Morgan fingerprint density at radius 1 is 1.00 bits per heavy atom. The van der Waals surface area contributed by atoms with Gasteiger partial charge >= 0.3 is 5.97 Å². The SMILES string of the molecule is CCC(=O)O.CCCCCCCCCCOC(C)N(C)C. The van der Waals surface area contributed by atoms with Gasteiger partial charge in [-0.1, -0.05) is 58.8 Å². The molecule has 1 N–H and O–H groups in total. The van der Waals surface area contributed by atoms with E-state index >= 15 is 0 Å². The first-order valence-electron chi connectivity index (χ1n) is 8.45. The monoisotopic (exact) mass is 303 g/mol. The summed E-state index contributed by atoms with van der Waals surface area (Å²) in [5.41, 5.74) is 0. The highest BCUT2D eigenvalue weighted by Crippen LogP contribution is 2.08. The number of ether oxygens (including phenoxy) is 1. The first-order valence-corrected chi connectivity index (χ1v) is 8.45. The molecule has 0 spiro atoms. The van der Waals surface area contributed by atoms with Gasteiger partial charge in [-0.25, -0.2) is 0 Å². The molecule has 4 nitrogen and oxygen atoms in total. The van der Waals surface area contributed by atoms with Gasteiger partial charge in [-0.2, -0.15) is 0 Å². The predicted octanol–water partition coefficient (Wildman–Crippen LogP) is 4.53. The quantitative estimate of drug-likeness (QED) is 0.425. The fourth-order valence-corrected chi connectivity index (χ4v) is 1.64. The van der Waals surface area contributed by atoms with Crippen LogP contribution in [0.4, 0.5) is 0 Å². The fraction of sp³-hybridized carbons (Fsp3) is 0.941. The third kappa shape index (κ3) is 21.8.